The smallest absolute Gasteiger partial charge is 0.407 e. The minimum absolute atomic E-state index is 0.0115. The Morgan fingerprint density at radius 1 is 1.26 bits per heavy atom. The van der Waals surface area contributed by atoms with Crippen LogP contribution in [0.3, 0.4) is 0 Å². The molecule has 1 aliphatic heterocycles. The van der Waals surface area contributed by atoms with Crippen LogP contribution in [-0.4, -0.2) is 64.6 Å². The number of alkyl carbamates (subject to hydrolysis) is 1. The zero-order valence-electron chi connectivity index (χ0n) is 20.9. The summed E-state index contributed by atoms with van der Waals surface area (Å²) in [5.41, 5.74) is 0.354. The Morgan fingerprint density at radius 2 is 1.94 bits per heavy atom. The maximum atomic E-state index is 13.1. The van der Waals surface area contributed by atoms with Gasteiger partial charge in [0.05, 0.1) is 18.1 Å². The summed E-state index contributed by atoms with van der Waals surface area (Å²) >= 11 is 1.14. The van der Waals surface area contributed by atoms with E-state index in [2.05, 4.69) is 10.6 Å². The molecule has 0 saturated carbocycles. The quantitative estimate of drug-likeness (QED) is 0.458. The molecule has 0 radical (unpaired) electrons. The van der Waals surface area contributed by atoms with Crippen molar-refractivity contribution < 1.29 is 24.2 Å². The van der Waals surface area contributed by atoms with Crippen LogP contribution in [0.4, 0.5) is 9.59 Å². The molecule has 3 N–H and O–H groups in total. The van der Waals surface area contributed by atoms with Crippen LogP contribution < -0.4 is 10.6 Å². The first-order chi connectivity index (χ1) is 15.9. The number of aliphatic hydroxyl groups excluding tert-OH is 1. The molecule has 3 atom stereocenters. The first-order valence-corrected chi connectivity index (χ1v) is 12.8. The maximum Gasteiger partial charge on any atom is 0.407 e. The number of rotatable bonds is 10. The number of thioether (sulfide) groups is 1. The van der Waals surface area contributed by atoms with Crippen LogP contribution >= 0.6 is 11.8 Å². The highest BCUT2D eigenvalue weighted by atomic mass is 32.2. The highest BCUT2D eigenvalue weighted by molar-refractivity contribution is 8.12. The van der Waals surface area contributed by atoms with Gasteiger partial charge < -0.3 is 25.4 Å². The molecule has 1 saturated heterocycles. The van der Waals surface area contributed by atoms with Crippen molar-refractivity contribution in [2.45, 2.75) is 71.0 Å². The fourth-order valence-corrected chi connectivity index (χ4v) is 4.57. The summed E-state index contributed by atoms with van der Waals surface area (Å²) in [5, 5.41) is 16.4. The van der Waals surface area contributed by atoms with Crippen LogP contribution in [0.1, 0.15) is 53.0 Å². The van der Waals surface area contributed by atoms with E-state index in [0.717, 1.165) is 17.3 Å². The molecule has 1 heterocycles. The van der Waals surface area contributed by atoms with Gasteiger partial charge in [0.2, 0.25) is 5.91 Å². The molecule has 0 bridgehead atoms. The fraction of sp³-hybridized carbons (Fsp3) is 0.640. The van der Waals surface area contributed by atoms with E-state index >= 15 is 0 Å². The Balaban J connectivity index is 2.10. The summed E-state index contributed by atoms with van der Waals surface area (Å²) in [6.07, 6.45) is -0.457. The minimum atomic E-state index is -1.01. The van der Waals surface area contributed by atoms with Gasteiger partial charge in [-0.25, -0.2) is 4.79 Å². The van der Waals surface area contributed by atoms with Gasteiger partial charge in [0.25, 0.3) is 5.24 Å². The zero-order chi connectivity index (χ0) is 25.3. The topological polar surface area (TPSA) is 108 Å². The van der Waals surface area contributed by atoms with Crippen molar-refractivity contribution in [3.63, 3.8) is 0 Å². The van der Waals surface area contributed by atoms with E-state index in [-0.39, 0.29) is 36.1 Å². The minimum Gasteiger partial charge on any atom is -0.444 e. The average Bonchev–Trinajstić information content (AvgIpc) is 3.14. The number of hydrogen-bond donors (Lipinski definition) is 3. The van der Waals surface area contributed by atoms with E-state index < -0.39 is 23.8 Å². The molecule has 1 aliphatic rings. The van der Waals surface area contributed by atoms with Gasteiger partial charge in [-0.15, -0.1) is 0 Å². The van der Waals surface area contributed by atoms with Crippen LogP contribution in [0.5, 0.6) is 0 Å². The predicted octanol–water partition coefficient (Wildman–Crippen LogP) is 3.78. The summed E-state index contributed by atoms with van der Waals surface area (Å²) in [5.74, 6) is 0.308. The lowest BCUT2D eigenvalue weighted by Gasteiger charge is -2.32. The number of carbonyl (C=O) groups excluding carboxylic acids is 3. The van der Waals surface area contributed by atoms with Crippen molar-refractivity contribution in [3.05, 3.63) is 35.9 Å². The summed E-state index contributed by atoms with van der Waals surface area (Å²) in [4.78, 5) is 39.2. The number of carbonyl (C=O) groups is 3. The van der Waals surface area contributed by atoms with Crippen molar-refractivity contribution in [2.24, 2.45) is 11.8 Å². The second kappa shape index (κ2) is 13.0. The van der Waals surface area contributed by atoms with E-state index in [1.54, 1.807) is 20.8 Å². The molecule has 0 aliphatic carbocycles. The molecule has 0 spiro atoms. The summed E-state index contributed by atoms with van der Waals surface area (Å²) in [7, 11) is 0. The summed E-state index contributed by atoms with van der Waals surface area (Å²) < 4.78 is 5.36. The van der Waals surface area contributed by atoms with Gasteiger partial charge in [-0.2, -0.15) is 0 Å². The van der Waals surface area contributed by atoms with Gasteiger partial charge in [-0.3, -0.25) is 9.59 Å². The van der Waals surface area contributed by atoms with Crippen molar-refractivity contribution in [2.75, 3.05) is 19.6 Å². The van der Waals surface area contributed by atoms with Crippen molar-refractivity contribution in [1.29, 1.82) is 0 Å². The number of nitrogens with zero attached hydrogens (tertiary/aromatic N) is 1. The molecule has 1 aromatic rings. The second-order valence-corrected chi connectivity index (χ2v) is 11.1. The largest absolute Gasteiger partial charge is 0.444 e. The fourth-order valence-electron chi connectivity index (χ4n) is 3.75. The highest BCUT2D eigenvalue weighted by Gasteiger charge is 2.32. The van der Waals surface area contributed by atoms with Crippen LogP contribution in [0.2, 0.25) is 0 Å². The Labute approximate surface area is 207 Å². The van der Waals surface area contributed by atoms with Crippen LogP contribution in [0, 0.1) is 11.8 Å². The Hall–Kier alpha value is -2.26. The molecule has 190 valence electrons. The number of hydrogen-bond acceptors (Lipinski definition) is 6. The number of ether oxygens (including phenoxy) is 1. The molecule has 9 heteroatoms. The normalized spacial score (nSPS) is 17.7. The van der Waals surface area contributed by atoms with Gasteiger partial charge in [0.15, 0.2) is 0 Å². The zero-order valence-corrected chi connectivity index (χ0v) is 21.7. The van der Waals surface area contributed by atoms with E-state index in [1.165, 1.54) is 4.90 Å². The Bertz CT molecular complexity index is 813. The lowest BCUT2D eigenvalue weighted by Crippen LogP contribution is -2.51. The maximum absolute atomic E-state index is 13.1. The third kappa shape index (κ3) is 9.93. The van der Waals surface area contributed by atoms with Crippen molar-refractivity contribution in [3.8, 4) is 0 Å². The molecule has 34 heavy (non-hydrogen) atoms. The van der Waals surface area contributed by atoms with Crippen molar-refractivity contribution >= 4 is 29.0 Å². The standard InChI is InChI=1S/C25H39N3O5S/c1-17(2)13-20(27-23(31)33-25(3,4)5)21(29)15-28(14-19-11-12-26-22(19)30)24(32)34-16-18-9-7-6-8-10-18/h6-10,17,19-21,29H,11-16H2,1-5H3,(H,26,30)(H,27,31)/t19-,20-,21-/m0/s1. The first-order valence-electron chi connectivity index (χ1n) is 11.9. The van der Waals surface area contributed by atoms with E-state index in [1.807, 2.05) is 44.2 Å². The monoisotopic (exact) mass is 493 g/mol. The summed E-state index contributed by atoms with van der Waals surface area (Å²) in [6.45, 7) is 10.1. The molecule has 1 fully saturated rings. The Kier molecular flexibility index (Phi) is 10.7. The number of nitrogens with one attached hydrogen (secondary N) is 2. The van der Waals surface area contributed by atoms with E-state index in [9.17, 15) is 19.5 Å². The van der Waals surface area contributed by atoms with Gasteiger partial charge in [0.1, 0.15) is 5.60 Å². The van der Waals surface area contributed by atoms with Crippen LogP contribution in [0.15, 0.2) is 30.3 Å². The molecule has 1 aromatic carbocycles. The first kappa shape index (κ1) is 28.0. The molecular formula is C25H39N3O5S. The molecule has 3 amide bonds. The van der Waals surface area contributed by atoms with Crippen molar-refractivity contribution in [1.82, 2.24) is 15.5 Å². The highest BCUT2D eigenvalue weighted by Crippen LogP contribution is 2.21. The van der Waals surface area contributed by atoms with Gasteiger partial charge >= 0.3 is 6.09 Å². The molecule has 8 nitrogen and oxygen atoms in total. The summed E-state index contributed by atoms with van der Waals surface area (Å²) in [6, 6.07) is 9.07. The predicted molar refractivity (Wildman–Crippen MR) is 134 cm³/mol. The third-order valence-corrected chi connectivity index (χ3v) is 6.35. The second-order valence-electron chi connectivity index (χ2n) is 10.2. The molecule has 0 unspecified atom stereocenters. The molecule has 0 aromatic heterocycles. The lowest BCUT2D eigenvalue weighted by atomic mass is 9.98. The number of benzene rings is 1. The van der Waals surface area contributed by atoms with Crippen LogP contribution in [0.25, 0.3) is 0 Å². The number of aliphatic hydroxyl groups is 1. The van der Waals surface area contributed by atoms with Crippen LogP contribution in [-0.2, 0) is 15.3 Å². The van der Waals surface area contributed by atoms with Gasteiger partial charge in [0, 0.05) is 25.4 Å². The number of amides is 3. The SMILES string of the molecule is CC(C)C[C@H](NC(=O)OC(C)(C)C)[C@@H](O)CN(C[C@@H]1CCNC1=O)C(=O)SCc1ccccc1. The van der Waals surface area contributed by atoms with Gasteiger partial charge in [-0.1, -0.05) is 55.9 Å². The lowest BCUT2D eigenvalue weighted by molar-refractivity contribution is -0.122. The Morgan fingerprint density at radius 3 is 2.50 bits per heavy atom. The van der Waals surface area contributed by atoms with Gasteiger partial charge in [-0.05, 0) is 45.1 Å². The third-order valence-electron chi connectivity index (χ3n) is 5.37. The van der Waals surface area contributed by atoms with E-state index in [0.29, 0.717) is 25.1 Å². The molecular weight excluding hydrogens is 454 g/mol. The average molecular weight is 494 g/mol. The molecule has 2 rings (SSSR count). The van der Waals surface area contributed by atoms with E-state index in [4.69, 9.17) is 4.74 Å².